The summed E-state index contributed by atoms with van der Waals surface area (Å²) in [6.45, 7) is 5.51. The van der Waals surface area contributed by atoms with Gasteiger partial charge in [-0.2, -0.15) is 0 Å². The minimum atomic E-state index is 0. The maximum atomic E-state index is 9.27. The van der Waals surface area contributed by atoms with Crippen molar-refractivity contribution >= 4 is 0 Å². The smallest absolute Gasteiger partial charge is 0.102 e. The van der Waals surface area contributed by atoms with E-state index >= 15 is 0 Å². The summed E-state index contributed by atoms with van der Waals surface area (Å²) in [7, 11) is 0. The van der Waals surface area contributed by atoms with Crippen LogP contribution in [0.2, 0.25) is 0 Å². The summed E-state index contributed by atoms with van der Waals surface area (Å²) >= 11 is 0. The molecule has 0 radical (unpaired) electrons. The average molecular weight is 382 g/mol. The first kappa shape index (κ1) is 27.3. The van der Waals surface area contributed by atoms with E-state index in [1.807, 2.05) is 0 Å². The van der Waals surface area contributed by atoms with E-state index in [1.165, 1.54) is 70.6 Å². The third-order valence-corrected chi connectivity index (χ3v) is 5.21. The third kappa shape index (κ3) is 16.1. The monoisotopic (exact) mass is 381 g/mol. The van der Waals surface area contributed by atoms with E-state index in [1.54, 1.807) is 0 Å². The van der Waals surface area contributed by atoms with E-state index in [-0.39, 0.29) is 32.2 Å². The molecule has 0 aliphatic rings. The fourth-order valence-corrected chi connectivity index (χ4v) is 3.60. The van der Waals surface area contributed by atoms with Gasteiger partial charge in [-0.25, -0.2) is 0 Å². The van der Waals surface area contributed by atoms with Crippen LogP contribution in [0.3, 0.4) is 0 Å². The van der Waals surface area contributed by atoms with E-state index in [9.17, 15) is 15.3 Å². The standard InChI is InChI=1S/C20H44NO3.ClH/c1-2-3-4-5-6-7-8-9-10-11-12-13-14-21(15-18-22,16-19-23)17-20-24;/h22-24H,2-20H2,1H3;1H/q+1;/p-1. The number of nitrogens with zero attached hydrogens (tertiary/aromatic N) is 1. The Labute approximate surface area is 162 Å². The molecule has 4 nitrogen and oxygen atoms in total. The maximum absolute atomic E-state index is 9.27. The zero-order valence-electron chi connectivity index (χ0n) is 16.6. The number of hydrogen-bond donors (Lipinski definition) is 3. The number of unbranched alkanes of at least 4 members (excludes halogenated alkanes) is 11. The number of rotatable bonds is 19. The SMILES string of the molecule is CCCCCCCCCCCCCC[N+](CCO)(CCO)CCO.[Cl-]. The Morgan fingerprint density at radius 2 is 0.800 bits per heavy atom. The van der Waals surface area contributed by atoms with Crippen LogP contribution >= 0.6 is 0 Å². The van der Waals surface area contributed by atoms with E-state index < -0.39 is 0 Å². The highest BCUT2D eigenvalue weighted by Crippen LogP contribution is 2.14. The summed E-state index contributed by atoms with van der Waals surface area (Å²) in [5.74, 6) is 0. The van der Waals surface area contributed by atoms with Crippen LogP contribution in [0.25, 0.3) is 0 Å². The van der Waals surface area contributed by atoms with Crippen LogP contribution < -0.4 is 12.4 Å². The second-order valence-electron chi connectivity index (χ2n) is 7.30. The molecule has 0 aliphatic carbocycles. The van der Waals surface area contributed by atoms with Crippen LogP contribution in [0, 0.1) is 0 Å². The summed E-state index contributed by atoms with van der Waals surface area (Å²) in [5, 5.41) is 27.8. The summed E-state index contributed by atoms with van der Waals surface area (Å²) in [5.41, 5.74) is 0. The second kappa shape index (κ2) is 20.4. The average Bonchev–Trinajstić information content (AvgIpc) is 2.56. The van der Waals surface area contributed by atoms with Gasteiger partial charge in [-0.1, -0.05) is 71.1 Å². The van der Waals surface area contributed by atoms with Gasteiger partial charge in [0.2, 0.25) is 0 Å². The molecule has 0 saturated carbocycles. The molecule has 0 aromatic carbocycles. The number of quaternary nitrogens is 1. The molecule has 0 amide bonds. The zero-order chi connectivity index (χ0) is 17.9. The first-order chi connectivity index (χ1) is 11.7. The van der Waals surface area contributed by atoms with Crippen LogP contribution in [0.1, 0.15) is 84.0 Å². The van der Waals surface area contributed by atoms with Gasteiger partial charge in [0.15, 0.2) is 0 Å². The molecule has 0 aromatic heterocycles. The van der Waals surface area contributed by atoms with Crippen LogP contribution in [0.15, 0.2) is 0 Å². The normalized spacial score (nSPS) is 11.5. The van der Waals surface area contributed by atoms with Crippen molar-refractivity contribution in [1.29, 1.82) is 0 Å². The van der Waals surface area contributed by atoms with Gasteiger partial charge < -0.3 is 32.2 Å². The molecule has 0 spiro atoms. The Hall–Kier alpha value is 0.130. The van der Waals surface area contributed by atoms with Gasteiger partial charge in [-0.05, 0) is 12.8 Å². The van der Waals surface area contributed by atoms with E-state index in [4.69, 9.17) is 0 Å². The number of hydrogen-bond acceptors (Lipinski definition) is 3. The highest BCUT2D eigenvalue weighted by Gasteiger charge is 2.25. The first-order valence-electron chi connectivity index (χ1n) is 10.4. The van der Waals surface area contributed by atoms with Crippen molar-refractivity contribution in [2.45, 2.75) is 84.0 Å². The molecule has 0 bridgehead atoms. The van der Waals surface area contributed by atoms with Crippen LogP contribution in [0.5, 0.6) is 0 Å². The van der Waals surface area contributed by atoms with Crippen LogP contribution in [0.4, 0.5) is 0 Å². The molecular formula is C20H44ClNO3. The number of aliphatic hydroxyl groups is 3. The predicted molar refractivity (Wildman–Crippen MR) is 102 cm³/mol. The highest BCUT2D eigenvalue weighted by atomic mass is 35.5. The molecule has 0 aliphatic heterocycles. The van der Waals surface area contributed by atoms with Gasteiger partial charge in [-0.3, -0.25) is 0 Å². The summed E-state index contributed by atoms with van der Waals surface area (Å²) in [6, 6.07) is 0. The van der Waals surface area contributed by atoms with Crippen molar-refractivity contribution in [3.63, 3.8) is 0 Å². The summed E-state index contributed by atoms with van der Waals surface area (Å²) in [4.78, 5) is 0. The van der Waals surface area contributed by atoms with Crippen LogP contribution in [-0.2, 0) is 0 Å². The Balaban J connectivity index is 0. The highest BCUT2D eigenvalue weighted by molar-refractivity contribution is 4.50. The summed E-state index contributed by atoms with van der Waals surface area (Å²) in [6.07, 6.45) is 16.0. The van der Waals surface area contributed by atoms with Gasteiger partial charge in [0.05, 0.1) is 26.4 Å². The molecule has 0 unspecified atom stereocenters. The fourth-order valence-electron chi connectivity index (χ4n) is 3.60. The first-order valence-corrected chi connectivity index (χ1v) is 10.4. The third-order valence-electron chi connectivity index (χ3n) is 5.21. The molecule has 25 heavy (non-hydrogen) atoms. The molecule has 0 fully saturated rings. The molecule has 0 atom stereocenters. The van der Waals surface area contributed by atoms with Gasteiger partial charge >= 0.3 is 0 Å². The van der Waals surface area contributed by atoms with Gasteiger partial charge in [0, 0.05) is 0 Å². The molecule has 0 aromatic rings. The lowest BCUT2D eigenvalue weighted by Crippen LogP contribution is -3.00. The lowest BCUT2D eigenvalue weighted by Gasteiger charge is -2.37. The van der Waals surface area contributed by atoms with Crippen molar-refractivity contribution in [1.82, 2.24) is 0 Å². The van der Waals surface area contributed by atoms with E-state index in [0.29, 0.717) is 24.1 Å². The molecule has 5 heteroatoms. The molecule has 0 heterocycles. The fraction of sp³-hybridized carbons (Fsp3) is 1.00. The lowest BCUT2D eigenvalue weighted by molar-refractivity contribution is -0.929. The maximum Gasteiger partial charge on any atom is 0.102 e. The quantitative estimate of drug-likeness (QED) is 0.225. The van der Waals surface area contributed by atoms with Crippen molar-refractivity contribution in [2.75, 3.05) is 46.0 Å². The largest absolute Gasteiger partial charge is 1.00 e. The van der Waals surface area contributed by atoms with Crippen molar-refractivity contribution in [3.8, 4) is 0 Å². The van der Waals surface area contributed by atoms with Gasteiger partial charge in [0.25, 0.3) is 0 Å². The minimum Gasteiger partial charge on any atom is -1.00 e. The molecule has 0 rings (SSSR count). The minimum absolute atomic E-state index is 0. The van der Waals surface area contributed by atoms with E-state index in [0.717, 1.165) is 13.0 Å². The lowest BCUT2D eigenvalue weighted by atomic mass is 10.0. The molecular weight excluding hydrogens is 338 g/mol. The predicted octanol–water partition coefficient (Wildman–Crippen LogP) is 0.485. The Morgan fingerprint density at radius 3 is 1.12 bits per heavy atom. The van der Waals surface area contributed by atoms with Gasteiger partial charge in [0.1, 0.15) is 19.6 Å². The number of aliphatic hydroxyl groups excluding tert-OH is 3. The van der Waals surface area contributed by atoms with Crippen molar-refractivity contribution in [3.05, 3.63) is 0 Å². The Morgan fingerprint density at radius 1 is 0.480 bits per heavy atom. The van der Waals surface area contributed by atoms with Crippen molar-refractivity contribution < 1.29 is 32.2 Å². The molecule has 3 N–H and O–H groups in total. The van der Waals surface area contributed by atoms with E-state index in [2.05, 4.69) is 6.92 Å². The van der Waals surface area contributed by atoms with Crippen LogP contribution in [-0.4, -0.2) is 65.8 Å². The Kier molecular flexibility index (Phi) is 22.4. The second-order valence-corrected chi connectivity index (χ2v) is 7.30. The van der Waals surface area contributed by atoms with Crippen molar-refractivity contribution in [2.24, 2.45) is 0 Å². The summed E-state index contributed by atoms with van der Waals surface area (Å²) < 4.78 is 0.654. The van der Waals surface area contributed by atoms with Gasteiger partial charge in [-0.15, -0.1) is 0 Å². The molecule has 0 saturated heterocycles. The Bertz CT molecular complexity index is 238. The topological polar surface area (TPSA) is 60.7 Å². The molecule has 154 valence electrons. The zero-order valence-corrected chi connectivity index (χ0v) is 17.4. The number of halogens is 1.